The van der Waals surface area contributed by atoms with E-state index in [0.29, 0.717) is 23.0 Å². The Labute approximate surface area is 165 Å². The smallest absolute Gasteiger partial charge is 0.322 e. The van der Waals surface area contributed by atoms with Gasteiger partial charge < -0.3 is 15.0 Å². The number of carbonyl (C=O) groups is 1. The van der Waals surface area contributed by atoms with Crippen molar-refractivity contribution in [3.8, 4) is 11.8 Å². The first-order chi connectivity index (χ1) is 13.4. The molecule has 2 N–H and O–H groups in total. The molecule has 0 spiro atoms. The number of amides is 1. The second kappa shape index (κ2) is 8.66. The average Bonchev–Trinajstić information content (AvgIpc) is 2.61. The number of aryl methyl sites for hydroxylation is 2. The Balaban J connectivity index is 1.77. The standard InChI is InChI=1S/C19H19N5O3S/c1-11-7-12(2)21-19(20-11)27-14-6-4-5-13(8-14)22-18(26)15-9-17(25)24-16(23-15)10-28-3/h4-9H,10H2,1-3H3,(H,22,26)(H,23,24,25). The Bertz CT molecular complexity index is 1050. The topological polar surface area (TPSA) is 110 Å². The second-order valence-corrected chi connectivity index (χ2v) is 6.89. The van der Waals surface area contributed by atoms with E-state index < -0.39 is 5.91 Å². The minimum Gasteiger partial charge on any atom is -0.424 e. The molecule has 8 nitrogen and oxygen atoms in total. The molecular formula is C19H19N5O3S. The first-order valence-electron chi connectivity index (χ1n) is 8.43. The summed E-state index contributed by atoms with van der Waals surface area (Å²) in [5, 5.41) is 2.72. The number of hydrogen-bond donors (Lipinski definition) is 2. The van der Waals surface area contributed by atoms with Gasteiger partial charge in [-0.1, -0.05) is 6.07 Å². The molecule has 3 aromatic rings. The molecular weight excluding hydrogens is 378 g/mol. The van der Waals surface area contributed by atoms with Gasteiger partial charge in [0.1, 0.15) is 17.3 Å². The molecule has 2 heterocycles. The minimum absolute atomic E-state index is 0.0526. The van der Waals surface area contributed by atoms with Gasteiger partial charge in [-0.05, 0) is 38.3 Å². The highest BCUT2D eigenvalue weighted by Gasteiger charge is 2.11. The van der Waals surface area contributed by atoms with Crippen molar-refractivity contribution in [1.29, 1.82) is 0 Å². The van der Waals surface area contributed by atoms with Crippen LogP contribution in [-0.4, -0.2) is 32.1 Å². The molecule has 0 aliphatic rings. The molecule has 0 saturated carbocycles. The molecule has 3 rings (SSSR count). The fourth-order valence-corrected chi connectivity index (χ4v) is 2.92. The Morgan fingerprint density at radius 2 is 1.89 bits per heavy atom. The number of hydrogen-bond acceptors (Lipinski definition) is 7. The van der Waals surface area contributed by atoms with Crippen molar-refractivity contribution in [3.63, 3.8) is 0 Å². The number of rotatable bonds is 6. The maximum atomic E-state index is 12.5. The maximum absolute atomic E-state index is 12.5. The van der Waals surface area contributed by atoms with Gasteiger partial charge in [-0.3, -0.25) is 9.59 Å². The van der Waals surface area contributed by atoms with E-state index in [1.54, 1.807) is 24.3 Å². The summed E-state index contributed by atoms with van der Waals surface area (Å²) in [6.45, 7) is 3.72. The van der Waals surface area contributed by atoms with Crippen molar-refractivity contribution in [2.75, 3.05) is 11.6 Å². The van der Waals surface area contributed by atoms with E-state index in [0.717, 1.165) is 11.4 Å². The lowest BCUT2D eigenvalue weighted by molar-refractivity contribution is 0.102. The van der Waals surface area contributed by atoms with Gasteiger partial charge in [0, 0.05) is 29.2 Å². The third kappa shape index (κ3) is 5.17. The van der Waals surface area contributed by atoms with Crippen LogP contribution in [0, 0.1) is 13.8 Å². The van der Waals surface area contributed by atoms with Gasteiger partial charge in [0.05, 0.1) is 5.75 Å². The number of nitrogens with zero attached hydrogens (tertiary/aromatic N) is 3. The van der Waals surface area contributed by atoms with Gasteiger partial charge in [-0.2, -0.15) is 11.8 Å². The van der Waals surface area contributed by atoms with Crippen LogP contribution in [-0.2, 0) is 5.75 Å². The molecule has 1 aromatic carbocycles. The van der Waals surface area contributed by atoms with Crippen LogP contribution in [0.3, 0.4) is 0 Å². The van der Waals surface area contributed by atoms with E-state index in [4.69, 9.17) is 4.74 Å². The summed E-state index contributed by atoms with van der Waals surface area (Å²) in [6.07, 6.45) is 1.89. The highest BCUT2D eigenvalue weighted by atomic mass is 32.2. The van der Waals surface area contributed by atoms with Crippen molar-refractivity contribution >= 4 is 23.4 Å². The number of nitrogens with one attached hydrogen (secondary N) is 2. The molecule has 1 amide bonds. The minimum atomic E-state index is -0.478. The summed E-state index contributed by atoms with van der Waals surface area (Å²) in [5.74, 6) is 0.961. The lowest BCUT2D eigenvalue weighted by Crippen LogP contribution is -2.20. The number of H-pyrrole nitrogens is 1. The van der Waals surface area contributed by atoms with Gasteiger partial charge >= 0.3 is 6.01 Å². The highest BCUT2D eigenvalue weighted by Crippen LogP contribution is 2.22. The monoisotopic (exact) mass is 397 g/mol. The lowest BCUT2D eigenvalue weighted by atomic mass is 10.3. The largest absolute Gasteiger partial charge is 0.424 e. The Kier molecular flexibility index (Phi) is 6.05. The van der Waals surface area contributed by atoms with Gasteiger partial charge in [0.15, 0.2) is 0 Å². The number of anilines is 1. The molecule has 0 aliphatic carbocycles. The Morgan fingerprint density at radius 1 is 1.14 bits per heavy atom. The lowest BCUT2D eigenvalue weighted by Gasteiger charge is -2.09. The number of thioether (sulfide) groups is 1. The maximum Gasteiger partial charge on any atom is 0.322 e. The molecule has 0 radical (unpaired) electrons. The van der Waals surface area contributed by atoms with E-state index in [1.165, 1.54) is 17.8 Å². The van der Waals surface area contributed by atoms with E-state index in [2.05, 4.69) is 25.3 Å². The second-order valence-electron chi connectivity index (χ2n) is 6.03. The predicted octanol–water partition coefficient (Wildman–Crippen LogP) is 3.08. The fraction of sp³-hybridized carbons (Fsp3) is 0.211. The van der Waals surface area contributed by atoms with E-state index in [-0.39, 0.29) is 17.3 Å². The zero-order valence-electron chi connectivity index (χ0n) is 15.6. The van der Waals surface area contributed by atoms with Crippen LogP contribution in [0.2, 0.25) is 0 Å². The van der Waals surface area contributed by atoms with Crippen molar-refractivity contribution in [1.82, 2.24) is 19.9 Å². The van der Waals surface area contributed by atoms with E-state index in [9.17, 15) is 9.59 Å². The summed E-state index contributed by atoms with van der Waals surface area (Å²) >= 11 is 1.50. The van der Waals surface area contributed by atoms with E-state index >= 15 is 0 Å². The highest BCUT2D eigenvalue weighted by molar-refractivity contribution is 7.97. The molecule has 144 valence electrons. The zero-order chi connectivity index (χ0) is 20.1. The molecule has 0 aliphatic heterocycles. The third-order valence-electron chi connectivity index (χ3n) is 3.57. The quantitative estimate of drug-likeness (QED) is 0.658. The molecule has 28 heavy (non-hydrogen) atoms. The van der Waals surface area contributed by atoms with Crippen LogP contribution in [0.1, 0.15) is 27.7 Å². The predicted molar refractivity (Wildman–Crippen MR) is 108 cm³/mol. The van der Waals surface area contributed by atoms with E-state index in [1.807, 2.05) is 26.2 Å². The van der Waals surface area contributed by atoms with Gasteiger partial charge in [-0.25, -0.2) is 15.0 Å². The first-order valence-corrected chi connectivity index (χ1v) is 9.83. The summed E-state index contributed by atoms with van der Waals surface area (Å²) in [5.41, 5.74) is 1.78. The fourth-order valence-electron chi connectivity index (χ4n) is 2.51. The van der Waals surface area contributed by atoms with Crippen molar-refractivity contribution in [2.45, 2.75) is 19.6 Å². The van der Waals surface area contributed by atoms with Gasteiger partial charge in [-0.15, -0.1) is 0 Å². The zero-order valence-corrected chi connectivity index (χ0v) is 16.5. The number of aromatic amines is 1. The van der Waals surface area contributed by atoms with Crippen molar-refractivity contribution in [3.05, 3.63) is 69.7 Å². The normalized spacial score (nSPS) is 10.5. The van der Waals surface area contributed by atoms with Crippen LogP contribution < -0.4 is 15.6 Å². The van der Waals surface area contributed by atoms with Crippen molar-refractivity contribution < 1.29 is 9.53 Å². The number of aromatic nitrogens is 4. The molecule has 0 atom stereocenters. The van der Waals surface area contributed by atoms with Crippen LogP contribution in [0.25, 0.3) is 0 Å². The van der Waals surface area contributed by atoms with Crippen LogP contribution >= 0.6 is 11.8 Å². The SMILES string of the molecule is CSCc1nc(C(=O)Nc2cccc(Oc3nc(C)cc(C)n3)c2)cc(=O)[nH]1. The number of benzene rings is 1. The summed E-state index contributed by atoms with van der Waals surface area (Å²) in [7, 11) is 0. The number of carbonyl (C=O) groups excluding carboxylic acids is 1. The van der Waals surface area contributed by atoms with Crippen LogP contribution in [0.5, 0.6) is 11.8 Å². The van der Waals surface area contributed by atoms with Gasteiger partial charge in [0.2, 0.25) is 0 Å². The number of ether oxygens (including phenoxy) is 1. The molecule has 0 unspecified atom stereocenters. The summed E-state index contributed by atoms with van der Waals surface area (Å²) in [6, 6.07) is 10.1. The van der Waals surface area contributed by atoms with Crippen molar-refractivity contribution in [2.24, 2.45) is 0 Å². The molecule has 0 bridgehead atoms. The third-order valence-corrected chi connectivity index (χ3v) is 4.13. The summed E-state index contributed by atoms with van der Waals surface area (Å²) in [4.78, 5) is 39.5. The Morgan fingerprint density at radius 3 is 2.61 bits per heavy atom. The first kappa shape index (κ1) is 19.6. The Hall–Kier alpha value is -3.20. The summed E-state index contributed by atoms with van der Waals surface area (Å²) < 4.78 is 5.69. The average molecular weight is 397 g/mol. The molecule has 9 heteroatoms. The molecule has 2 aromatic heterocycles. The van der Waals surface area contributed by atoms with Gasteiger partial charge in [0.25, 0.3) is 11.5 Å². The molecule has 0 saturated heterocycles. The van der Waals surface area contributed by atoms with Crippen LogP contribution in [0.15, 0.2) is 41.2 Å². The molecule has 0 fully saturated rings. The van der Waals surface area contributed by atoms with Crippen LogP contribution in [0.4, 0.5) is 5.69 Å².